The molecule has 0 aromatic heterocycles. The van der Waals surface area contributed by atoms with E-state index >= 15 is 0 Å². The maximum atomic E-state index is 12.0. The molecular weight excluding hydrogens is 197 g/mol. The third-order valence-electron chi connectivity index (χ3n) is 2.39. The molecule has 1 aliphatic heterocycles. The van der Waals surface area contributed by atoms with Crippen molar-refractivity contribution >= 4 is 5.91 Å². The van der Waals surface area contributed by atoms with E-state index in [1.807, 2.05) is 0 Å². The second-order valence-corrected chi connectivity index (χ2v) is 3.57. The number of hydrogen-bond donors (Lipinski definition) is 1. The molecule has 0 bridgehead atoms. The first kappa shape index (κ1) is 11.3. The predicted molar refractivity (Wildman–Crippen MR) is 44.4 cm³/mol. The number of nitrogens with two attached hydrogens (primary N) is 1. The lowest BCUT2D eigenvalue weighted by Gasteiger charge is -2.30. The molecule has 0 radical (unpaired) electrons. The zero-order chi connectivity index (χ0) is 10.8. The van der Waals surface area contributed by atoms with Crippen molar-refractivity contribution in [2.75, 3.05) is 19.6 Å². The first-order chi connectivity index (χ1) is 6.38. The van der Waals surface area contributed by atoms with Crippen LogP contribution in [0.1, 0.15) is 12.8 Å². The Morgan fingerprint density at radius 3 is 2.21 bits per heavy atom. The minimum atomic E-state index is -4.15. The maximum absolute atomic E-state index is 12.0. The standard InChI is InChI=1S/C8H13F3N2O/c9-8(10,11)5-13-3-1-6(2-4-13)7(12)14/h6H,1-5H2,(H2,12,14). The number of halogens is 3. The molecule has 0 spiro atoms. The van der Waals surface area contributed by atoms with Crippen molar-refractivity contribution in [2.45, 2.75) is 19.0 Å². The van der Waals surface area contributed by atoms with Crippen LogP contribution in [0.4, 0.5) is 13.2 Å². The van der Waals surface area contributed by atoms with E-state index < -0.39 is 18.6 Å². The highest BCUT2D eigenvalue weighted by atomic mass is 19.4. The van der Waals surface area contributed by atoms with Crippen molar-refractivity contribution < 1.29 is 18.0 Å². The maximum Gasteiger partial charge on any atom is 0.401 e. The summed E-state index contributed by atoms with van der Waals surface area (Å²) >= 11 is 0. The largest absolute Gasteiger partial charge is 0.401 e. The molecule has 1 saturated heterocycles. The highest BCUT2D eigenvalue weighted by Crippen LogP contribution is 2.22. The molecule has 0 saturated carbocycles. The molecule has 1 heterocycles. The molecule has 0 aromatic carbocycles. The summed E-state index contributed by atoms with van der Waals surface area (Å²) in [5.41, 5.74) is 5.06. The van der Waals surface area contributed by atoms with Gasteiger partial charge in [0, 0.05) is 5.92 Å². The van der Waals surface area contributed by atoms with Crippen molar-refractivity contribution in [1.82, 2.24) is 4.90 Å². The Morgan fingerprint density at radius 2 is 1.86 bits per heavy atom. The Kier molecular flexibility index (Phi) is 3.36. The van der Waals surface area contributed by atoms with Crippen LogP contribution in [-0.4, -0.2) is 36.6 Å². The summed E-state index contributed by atoms with van der Waals surface area (Å²) in [6.07, 6.45) is -3.28. The van der Waals surface area contributed by atoms with Gasteiger partial charge in [-0.15, -0.1) is 0 Å². The van der Waals surface area contributed by atoms with Crippen LogP contribution in [0.15, 0.2) is 0 Å². The van der Waals surface area contributed by atoms with E-state index in [2.05, 4.69) is 0 Å². The highest BCUT2D eigenvalue weighted by molar-refractivity contribution is 5.76. The van der Waals surface area contributed by atoms with Crippen LogP contribution in [0.5, 0.6) is 0 Å². The molecule has 2 N–H and O–H groups in total. The molecule has 0 unspecified atom stereocenters. The summed E-state index contributed by atoms with van der Waals surface area (Å²) in [5.74, 6) is -0.656. The molecule has 14 heavy (non-hydrogen) atoms. The van der Waals surface area contributed by atoms with Crippen LogP contribution in [-0.2, 0) is 4.79 Å². The lowest BCUT2D eigenvalue weighted by Crippen LogP contribution is -2.42. The van der Waals surface area contributed by atoms with Crippen LogP contribution in [0.2, 0.25) is 0 Å². The summed E-state index contributed by atoms with van der Waals surface area (Å²) in [6.45, 7) is -0.293. The SMILES string of the molecule is NC(=O)C1CCN(CC(F)(F)F)CC1. The van der Waals surface area contributed by atoms with E-state index in [1.165, 1.54) is 4.90 Å². The number of carbonyl (C=O) groups excluding carboxylic acids is 1. The van der Waals surface area contributed by atoms with E-state index in [0.29, 0.717) is 25.9 Å². The van der Waals surface area contributed by atoms with Crippen LogP contribution in [0.25, 0.3) is 0 Å². The highest BCUT2D eigenvalue weighted by Gasteiger charge is 2.33. The predicted octanol–water partition coefficient (Wildman–Crippen LogP) is 0.746. The fraction of sp³-hybridized carbons (Fsp3) is 0.875. The fourth-order valence-corrected chi connectivity index (χ4v) is 1.63. The molecule has 1 rings (SSSR count). The minimum Gasteiger partial charge on any atom is -0.369 e. The average Bonchev–Trinajstić information content (AvgIpc) is 2.02. The van der Waals surface area contributed by atoms with Crippen LogP contribution in [0.3, 0.4) is 0 Å². The van der Waals surface area contributed by atoms with Crippen molar-refractivity contribution in [3.63, 3.8) is 0 Å². The Bertz CT molecular complexity index is 209. The second kappa shape index (κ2) is 4.16. The van der Waals surface area contributed by atoms with E-state index in [9.17, 15) is 18.0 Å². The summed E-state index contributed by atoms with van der Waals surface area (Å²) < 4.78 is 35.9. The van der Waals surface area contributed by atoms with Crippen molar-refractivity contribution in [3.05, 3.63) is 0 Å². The molecule has 1 amide bonds. The summed E-state index contributed by atoms with van der Waals surface area (Å²) in [6, 6.07) is 0. The Balaban J connectivity index is 2.33. The van der Waals surface area contributed by atoms with Gasteiger partial charge in [0.05, 0.1) is 6.54 Å². The van der Waals surface area contributed by atoms with Crippen LogP contribution >= 0.6 is 0 Å². The second-order valence-electron chi connectivity index (χ2n) is 3.57. The van der Waals surface area contributed by atoms with Crippen LogP contribution in [0, 0.1) is 5.92 Å². The molecule has 0 aromatic rings. The number of primary amides is 1. The van der Waals surface area contributed by atoms with Gasteiger partial charge in [0.25, 0.3) is 0 Å². The molecular formula is C8H13F3N2O. The molecule has 1 aliphatic rings. The van der Waals surface area contributed by atoms with Gasteiger partial charge in [0.2, 0.25) is 5.91 Å². The monoisotopic (exact) mass is 210 g/mol. The van der Waals surface area contributed by atoms with Crippen LogP contribution < -0.4 is 5.73 Å². The first-order valence-corrected chi connectivity index (χ1v) is 4.47. The quantitative estimate of drug-likeness (QED) is 0.730. The molecule has 3 nitrogen and oxygen atoms in total. The Labute approximate surface area is 80.0 Å². The summed E-state index contributed by atoms with van der Waals surface area (Å²) in [4.78, 5) is 12.0. The van der Waals surface area contributed by atoms with Crippen molar-refractivity contribution in [2.24, 2.45) is 11.7 Å². The topological polar surface area (TPSA) is 46.3 Å². The molecule has 1 fully saturated rings. The first-order valence-electron chi connectivity index (χ1n) is 4.47. The van der Waals surface area contributed by atoms with Gasteiger partial charge in [-0.25, -0.2) is 0 Å². The zero-order valence-corrected chi connectivity index (χ0v) is 7.68. The zero-order valence-electron chi connectivity index (χ0n) is 7.68. The van der Waals surface area contributed by atoms with Gasteiger partial charge < -0.3 is 5.73 Å². The number of rotatable bonds is 2. The number of hydrogen-bond acceptors (Lipinski definition) is 2. The van der Waals surface area contributed by atoms with Gasteiger partial charge in [0.1, 0.15) is 0 Å². The number of alkyl halides is 3. The van der Waals surface area contributed by atoms with Gasteiger partial charge in [-0.05, 0) is 25.9 Å². The average molecular weight is 210 g/mol. The number of amides is 1. The molecule has 0 atom stereocenters. The Morgan fingerprint density at radius 1 is 1.36 bits per heavy atom. The fourth-order valence-electron chi connectivity index (χ4n) is 1.63. The van der Waals surface area contributed by atoms with E-state index in [0.717, 1.165) is 0 Å². The lowest BCUT2D eigenvalue weighted by atomic mass is 9.96. The van der Waals surface area contributed by atoms with Gasteiger partial charge in [0.15, 0.2) is 0 Å². The number of likely N-dealkylation sites (tertiary alicyclic amines) is 1. The normalized spacial score (nSPS) is 21.1. The minimum absolute atomic E-state index is 0.250. The number of nitrogens with zero attached hydrogens (tertiary/aromatic N) is 1. The van der Waals surface area contributed by atoms with Gasteiger partial charge in [-0.3, -0.25) is 9.69 Å². The number of piperidine rings is 1. The molecule has 6 heteroatoms. The van der Waals surface area contributed by atoms with E-state index in [4.69, 9.17) is 5.73 Å². The molecule has 82 valence electrons. The van der Waals surface area contributed by atoms with E-state index in [1.54, 1.807) is 0 Å². The third kappa shape index (κ3) is 3.53. The van der Waals surface area contributed by atoms with Crippen molar-refractivity contribution in [3.8, 4) is 0 Å². The number of carbonyl (C=O) groups is 1. The third-order valence-corrected chi connectivity index (χ3v) is 2.39. The smallest absolute Gasteiger partial charge is 0.369 e. The van der Waals surface area contributed by atoms with E-state index in [-0.39, 0.29) is 5.92 Å². The van der Waals surface area contributed by atoms with Crippen molar-refractivity contribution in [1.29, 1.82) is 0 Å². The lowest BCUT2D eigenvalue weighted by molar-refractivity contribution is -0.149. The van der Waals surface area contributed by atoms with Gasteiger partial charge in [-0.1, -0.05) is 0 Å². The molecule has 0 aliphatic carbocycles. The summed E-state index contributed by atoms with van der Waals surface area (Å²) in [7, 11) is 0. The Hall–Kier alpha value is -0.780. The summed E-state index contributed by atoms with van der Waals surface area (Å²) in [5, 5.41) is 0. The van der Waals surface area contributed by atoms with Gasteiger partial charge >= 0.3 is 6.18 Å². The van der Waals surface area contributed by atoms with Gasteiger partial charge in [-0.2, -0.15) is 13.2 Å².